The van der Waals surface area contributed by atoms with Crippen molar-refractivity contribution < 1.29 is 14.3 Å². The first-order valence-corrected chi connectivity index (χ1v) is 20.5. The van der Waals surface area contributed by atoms with Crippen molar-refractivity contribution in [3.63, 3.8) is 0 Å². The van der Waals surface area contributed by atoms with E-state index in [1.54, 1.807) is 0 Å². The summed E-state index contributed by atoms with van der Waals surface area (Å²) in [4.78, 5) is 52.5. The summed E-state index contributed by atoms with van der Waals surface area (Å²) in [6.45, 7) is 4.63. The number of amides is 2. The van der Waals surface area contributed by atoms with E-state index >= 15 is 0 Å². The molecule has 9 rings (SSSR count). The van der Waals surface area contributed by atoms with E-state index < -0.39 is 0 Å². The number of aromatic nitrogens is 4. The maximum Gasteiger partial charge on any atom is 0.254 e. The third-order valence-corrected chi connectivity index (χ3v) is 12.0. The van der Waals surface area contributed by atoms with Gasteiger partial charge in [-0.1, -0.05) is 78.9 Å². The standard InChI is InChI=1S/C47H50N8O3/c1-52(2)43(36-8-4-3-5-9-36)47(57)55-25-7-11-42(55)45-49-31-40(51-45)35-18-14-33(15-19-35)32-12-16-34(17-13-32)39-30-48-44(50-39)41-10-6-24-54(41)46(56)37-20-22-38(23-21-37)53-26-28-58-29-27-53/h3-5,8-9,12-23,30-31,41-43H,6-7,10-11,24-29H2,1-2H3,(H,48,50)(H,49,51)/t41-,42-,43?/m0/s1. The summed E-state index contributed by atoms with van der Waals surface area (Å²) >= 11 is 0. The van der Waals surface area contributed by atoms with Crippen molar-refractivity contribution in [3.05, 3.63) is 138 Å². The largest absolute Gasteiger partial charge is 0.378 e. The molecule has 2 N–H and O–H groups in total. The Labute approximate surface area is 339 Å². The number of benzene rings is 4. The summed E-state index contributed by atoms with van der Waals surface area (Å²) in [7, 11) is 3.92. The molecule has 0 saturated carbocycles. The third-order valence-electron chi connectivity index (χ3n) is 12.0. The number of likely N-dealkylation sites (N-methyl/N-ethyl adjacent to an activating group) is 1. The number of nitrogens with one attached hydrogen (secondary N) is 2. The van der Waals surface area contributed by atoms with Gasteiger partial charge in [-0.25, -0.2) is 9.97 Å². The smallest absolute Gasteiger partial charge is 0.254 e. The first kappa shape index (κ1) is 37.5. The Hall–Kier alpha value is -6.04. The minimum Gasteiger partial charge on any atom is -0.378 e. The summed E-state index contributed by atoms with van der Waals surface area (Å²) in [5, 5.41) is 0. The van der Waals surface area contributed by atoms with Crippen LogP contribution < -0.4 is 4.90 Å². The van der Waals surface area contributed by atoms with Crippen LogP contribution in [0, 0.1) is 0 Å². The fourth-order valence-electron chi connectivity index (χ4n) is 8.85. The molecule has 0 bridgehead atoms. The molecule has 0 spiro atoms. The van der Waals surface area contributed by atoms with Crippen LogP contribution >= 0.6 is 0 Å². The van der Waals surface area contributed by atoms with Crippen LogP contribution in [0.25, 0.3) is 33.6 Å². The van der Waals surface area contributed by atoms with Crippen molar-refractivity contribution in [1.29, 1.82) is 0 Å². The number of morpholine rings is 1. The van der Waals surface area contributed by atoms with Gasteiger partial charge in [-0.05, 0) is 91.9 Å². The number of rotatable bonds is 10. The molecule has 0 aliphatic carbocycles. The summed E-state index contributed by atoms with van der Waals surface area (Å²) in [6.07, 6.45) is 7.41. The Bertz CT molecular complexity index is 2330. The maximum absolute atomic E-state index is 13.9. The van der Waals surface area contributed by atoms with Crippen LogP contribution in [0.4, 0.5) is 5.69 Å². The van der Waals surface area contributed by atoms with Crippen molar-refractivity contribution in [2.75, 3.05) is 58.4 Å². The van der Waals surface area contributed by atoms with E-state index in [9.17, 15) is 9.59 Å². The monoisotopic (exact) mass is 774 g/mol. The van der Waals surface area contributed by atoms with Gasteiger partial charge in [0.05, 0.1) is 49.1 Å². The number of likely N-dealkylation sites (tertiary alicyclic amines) is 2. The molecule has 6 aromatic rings. The molecule has 3 atom stereocenters. The lowest BCUT2D eigenvalue weighted by Crippen LogP contribution is -2.40. The molecule has 1 unspecified atom stereocenters. The van der Waals surface area contributed by atoms with Gasteiger partial charge in [0.1, 0.15) is 17.7 Å². The molecular weight excluding hydrogens is 725 g/mol. The highest BCUT2D eigenvalue weighted by Crippen LogP contribution is 2.36. The molecule has 0 radical (unpaired) electrons. The van der Waals surface area contributed by atoms with Crippen LogP contribution in [-0.4, -0.2) is 99.9 Å². The normalized spacial score (nSPS) is 18.9. The number of aromatic amines is 2. The lowest BCUT2D eigenvalue weighted by molar-refractivity contribution is -0.137. The SMILES string of the molecule is CN(C)C(C(=O)N1CCC[C@H]1c1ncc(-c2ccc(-c3ccc(-c4cnc([C@@H]5CCCN5C(=O)c5ccc(N6CCOCC6)cc5)[nH]4)cc3)cc2)[nH]1)c1ccccc1. The average Bonchev–Trinajstić information content (AvgIpc) is 4.12. The van der Waals surface area contributed by atoms with E-state index in [2.05, 4.69) is 63.4 Å². The number of anilines is 1. The fraction of sp³-hybridized carbons (Fsp3) is 0.319. The number of ether oxygens (including phenoxy) is 1. The minimum absolute atomic E-state index is 0.0436. The van der Waals surface area contributed by atoms with E-state index in [4.69, 9.17) is 14.7 Å². The maximum atomic E-state index is 13.9. The zero-order valence-corrected chi connectivity index (χ0v) is 33.2. The summed E-state index contributed by atoms with van der Waals surface area (Å²) in [5.41, 5.74) is 9.00. The van der Waals surface area contributed by atoms with Gasteiger partial charge in [-0.3, -0.25) is 14.5 Å². The van der Waals surface area contributed by atoms with Gasteiger partial charge in [0.15, 0.2) is 0 Å². The van der Waals surface area contributed by atoms with Crippen LogP contribution in [0.15, 0.2) is 116 Å². The predicted octanol–water partition coefficient (Wildman–Crippen LogP) is 7.91. The van der Waals surface area contributed by atoms with E-state index in [1.807, 2.05) is 95.8 Å². The van der Waals surface area contributed by atoms with Crippen molar-refractivity contribution in [3.8, 4) is 33.6 Å². The molecule has 3 aliphatic heterocycles. The molecule has 3 aliphatic rings. The lowest BCUT2D eigenvalue weighted by Gasteiger charge is -2.31. The Morgan fingerprint density at radius 3 is 1.72 bits per heavy atom. The summed E-state index contributed by atoms with van der Waals surface area (Å²) < 4.78 is 5.49. The Morgan fingerprint density at radius 2 is 1.17 bits per heavy atom. The Morgan fingerprint density at radius 1 is 0.655 bits per heavy atom. The third kappa shape index (κ3) is 7.55. The second-order valence-corrected chi connectivity index (χ2v) is 15.8. The van der Waals surface area contributed by atoms with Gasteiger partial charge in [0, 0.05) is 37.4 Å². The highest BCUT2D eigenvalue weighted by atomic mass is 16.5. The number of imidazole rings is 2. The van der Waals surface area contributed by atoms with Crippen molar-refractivity contribution in [2.24, 2.45) is 0 Å². The van der Waals surface area contributed by atoms with Gasteiger partial charge in [0.2, 0.25) is 5.91 Å². The van der Waals surface area contributed by atoms with Gasteiger partial charge < -0.3 is 29.4 Å². The molecule has 3 saturated heterocycles. The van der Waals surface area contributed by atoms with Crippen LogP contribution in [0.1, 0.15) is 71.4 Å². The topological polar surface area (TPSA) is 114 Å². The number of hydrogen-bond acceptors (Lipinski definition) is 7. The number of carbonyl (C=O) groups is 2. The van der Waals surface area contributed by atoms with Gasteiger partial charge in [0.25, 0.3) is 5.91 Å². The molecule has 3 fully saturated rings. The number of nitrogens with zero attached hydrogens (tertiary/aromatic N) is 6. The molecule has 5 heterocycles. The van der Waals surface area contributed by atoms with Gasteiger partial charge in [-0.15, -0.1) is 0 Å². The molecule has 4 aromatic carbocycles. The van der Waals surface area contributed by atoms with E-state index in [1.165, 1.54) is 0 Å². The molecule has 58 heavy (non-hydrogen) atoms. The Kier molecular flexibility index (Phi) is 10.6. The first-order chi connectivity index (χ1) is 28.4. The lowest BCUT2D eigenvalue weighted by atomic mass is 10.0. The molecule has 2 amide bonds. The second kappa shape index (κ2) is 16.4. The Balaban J connectivity index is 0.841. The van der Waals surface area contributed by atoms with Crippen molar-refractivity contribution >= 4 is 17.5 Å². The number of carbonyl (C=O) groups excluding carboxylic acids is 2. The van der Waals surface area contributed by atoms with Crippen LogP contribution in [-0.2, 0) is 9.53 Å². The molecule has 11 nitrogen and oxygen atoms in total. The number of H-pyrrole nitrogens is 2. The minimum atomic E-state index is -0.342. The average molecular weight is 775 g/mol. The van der Waals surface area contributed by atoms with Gasteiger partial charge >= 0.3 is 0 Å². The molecule has 2 aromatic heterocycles. The van der Waals surface area contributed by atoms with E-state index in [0.717, 1.165) is 115 Å². The van der Waals surface area contributed by atoms with E-state index in [0.29, 0.717) is 12.1 Å². The summed E-state index contributed by atoms with van der Waals surface area (Å²) in [6, 6.07) is 34.5. The van der Waals surface area contributed by atoms with Gasteiger partial charge in [-0.2, -0.15) is 0 Å². The predicted molar refractivity (Wildman–Crippen MR) is 226 cm³/mol. The zero-order valence-electron chi connectivity index (χ0n) is 33.2. The molecule has 296 valence electrons. The molecular formula is C47H50N8O3. The summed E-state index contributed by atoms with van der Waals surface area (Å²) in [5.74, 6) is 1.80. The number of hydrogen-bond donors (Lipinski definition) is 2. The first-order valence-electron chi connectivity index (χ1n) is 20.5. The quantitative estimate of drug-likeness (QED) is 0.146. The second-order valence-electron chi connectivity index (χ2n) is 15.8. The highest BCUT2D eigenvalue weighted by Gasteiger charge is 2.37. The highest BCUT2D eigenvalue weighted by molar-refractivity contribution is 5.95. The fourth-order valence-corrected chi connectivity index (χ4v) is 8.85. The zero-order chi connectivity index (χ0) is 39.6. The van der Waals surface area contributed by atoms with E-state index in [-0.39, 0.29) is 29.9 Å². The molecule has 11 heteroatoms. The van der Waals surface area contributed by atoms with Crippen LogP contribution in [0.5, 0.6) is 0 Å². The van der Waals surface area contributed by atoms with Crippen LogP contribution in [0.2, 0.25) is 0 Å². The van der Waals surface area contributed by atoms with Crippen molar-refractivity contribution in [2.45, 2.75) is 43.8 Å². The van der Waals surface area contributed by atoms with Crippen molar-refractivity contribution in [1.82, 2.24) is 34.6 Å². The van der Waals surface area contributed by atoms with Crippen LogP contribution in [0.3, 0.4) is 0 Å².